The van der Waals surface area contributed by atoms with Crippen LogP contribution in [0, 0.1) is 47.9 Å². The average molecular weight is 615 g/mol. The molecule has 2 aromatic rings. The molecule has 3 fully saturated rings. The number of benzene rings is 2. The number of alkyl halides is 5. The zero-order valence-electron chi connectivity index (χ0n) is 22.6. The third-order valence-electron chi connectivity index (χ3n) is 8.12. The first-order valence-electron chi connectivity index (χ1n) is 13.7. The van der Waals surface area contributed by atoms with Crippen LogP contribution in [-0.2, 0) is 15.6 Å². The Morgan fingerprint density at radius 1 is 0.714 bits per heavy atom. The van der Waals surface area contributed by atoms with Crippen LogP contribution in [0.4, 0.5) is 39.5 Å². The minimum atomic E-state index is -5.10. The number of hydrogen-bond donors (Lipinski definition) is 1. The fourth-order valence-corrected chi connectivity index (χ4v) is 5.73. The molecular weight excluding hydrogens is 583 g/mol. The molecule has 2 saturated carbocycles. The molecule has 0 amide bonds. The molecule has 0 radical (unpaired) electrons. The average Bonchev–Trinajstić information content (AvgIpc) is 2.84. The minimum absolute atomic E-state index is 0.104. The highest BCUT2D eigenvalue weighted by Gasteiger charge is 2.39. The quantitative estimate of drug-likeness (QED) is 0.345. The van der Waals surface area contributed by atoms with E-state index in [1.165, 1.54) is 26.2 Å². The molecule has 4 nitrogen and oxygen atoms in total. The van der Waals surface area contributed by atoms with Crippen LogP contribution in [0.25, 0.3) is 0 Å². The van der Waals surface area contributed by atoms with Gasteiger partial charge in [-0.2, -0.15) is 8.78 Å². The van der Waals surface area contributed by atoms with Crippen molar-refractivity contribution in [3.63, 3.8) is 0 Å². The van der Waals surface area contributed by atoms with Gasteiger partial charge in [0.15, 0.2) is 17.9 Å². The van der Waals surface area contributed by atoms with Gasteiger partial charge in [0, 0.05) is 11.8 Å². The molecule has 0 aromatic heterocycles. The van der Waals surface area contributed by atoms with Crippen LogP contribution in [0.2, 0.25) is 0 Å². The monoisotopic (exact) mass is 614 g/mol. The minimum Gasteiger partial charge on any atom is -0.399 e. The van der Waals surface area contributed by atoms with Crippen LogP contribution < -0.4 is 4.74 Å². The number of ether oxygens (including phenoxy) is 3. The maximum absolute atomic E-state index is 13.9. The van der Waals surface area contributed by atoms with E-state index in [1.807, 2.05) is 0 Å². The molecule has 0 atom stereocenters. The predicted molar refractivity (Wildman–Crippen MR) is 131 cm³/mol. The van der Waals surface area contributed by atoms with Gasteiger partial charge >= 0.3 is 12.5 Å². The van der Waals surface area contributed by atoms with E-state index in [1.54, 1.807) is 0 Å². The molecule has 5 rings (SSSR count). The first-order chi connectivity index (χ1) is 19.6. The van der Waals surface area contributed by atoms with E-state index in [-0.39, 0.29) is 23.7 Å². The van der Waals surface area contributed by atoms with Crippen molar-refractivity contribution in [1.29, 1.82) is 0 Å². The largest absolute Gasteiger partial charge is 0.573 e. The molecule has 1 heterocycles. The summed E-state index contributed by atoms with van der Waals surface area (Å²) in [7, 11) is 0. The van der Waals surface area contributed by atoms with Crippen molar-refractivity contribution in [2.45, 2.75) is 76.5 Å². The summed E-state index contributed by atoms with van der Waals surface area (Å²) in [6, 6.07) is 3.35. The second-order valence-corrected chi connectivity index (χ2v) is 11.1. The van der Waals surface area contributed by atoms with Crippen molar-refractivity contribution >= 4 is 0 Å². The maximum atomic E-state index is 13.9. The first-order valence-corrected chi connectivity index (χ1v) is 13.7. The van der Waals surface area contributed by atoms with Gasteiger partial charge in [-0.1, -0.05) is 19.3 Å². The second kappa shape index (κ2) is 13.0. The predicted octanol–water partition coefficient (Wildman–Crippen LogP) is 8.24. The molecule has 2 aliphatic carbocycles. The highest BCUT2D eigenvalue weighted by molar-refractivity contribution is 5.31. The number of hydrogen-bond acceptors (Lipinski definition) is 4. The van der Waals surface area contributed by atoms with Crippen LogP contribution in [0.3, 0.4) is 0 Å². The molecule has 1 aliphatic heterocycles. The highest BCUT2D eigenvalue weighted by Crippen LogP contribution is 2.42. The van der Waals surface area contributed by atoms with Crippen LogP contribution in [-0.4, -0.2) is 31.0 Å². The summed E-state index contributed by atoms with van der Waals surface area (Å²) >= 11 is 0. The molecule has 1 N–H and O–H groups in total. The number of aryl methyl sites for hydroxylation is 1. The van der Waals surface area contributed by atoms with Crippen LogP contribution >= 0.6 is 0 Å². The van der Waals surface area contributed by atoms with Crippen molar-refractivity contribution < 1.29 is 58.8 Å². The van der Waals surface area contributed by atoms with Crippen molar-refractivity contribution in [3.8, 4) is 5.75 Å². The number of rotatable bonds is 5. The van der Waals surface area contributed by atoms with E-state index in [0.29, 0.717) is 24.3 Å². The molecule has 0 unspecified atom stereocenters. The summed E-state index contributed by atoms with van der Waals surface area (Å²) in [5.41, 5.74) is -1.05. The van der Waals surface area contributed by atoms with Gasteiger partial charge in [-0.15, -0.1) is 13.2 Å². The molecular formula is C29H31F9O4. The summed E-state index contributed by atoms with van der Waals surface area (Å²) < 4.78 is 129. The van der Waals surface area contributed by atoms with Gasteiger partial charge in [0.25, 0.3) is 0 Å². The summed E-state index contributed by atoms with van der Waals surface area (Å²) in [6.45, 7) is 2.83. The lowest BCUT2D eigenvalue weighted by Crippen LogP contribution is -2.42. The lowest BCUT2D eigenvalue weighted by molar-refractivity contribution is -0.276. The summed E-state index contributed by atoms with van der Waals surface area (Å²) in [5.74, 6) is -5.63. The van der Waals surface area contributed by atoms with E-state index in [4.69, 9.17) is 14.6 Å². The Bertz CT molecular complexity index is 1160. The Kier molecular flexibility index (Phi) is 10.0. The standard InChI is InChI=1S/C21H26F4O3.C8H5F5O/c22-17-8-15(9-18(23)19(17)21(24,25)26)13-4-6-14(7-5-13)20-27-10-16(11-28-20)12-2-1-3-12;1-4-2-5(9)7(6(10)3-4)14-8(11,12)13/h8-9,12-14,16,20,26H,1-7,10-11H2;2-3H,1H3. The Morgan fingerprint density at radius 2 is 1.24 bits per heavy atom. The Labute approximate surface area is 236 Å². The van der Waals surface area contributed by atoms with Crippen LogP contribution in [0.1, 0.15) is 67.6 Å². The maximum Gasteiger partial charge on any atom is 0.573 e. The van der Waals surface area contributed by atoms with Gasteiger partial charge in [-0.25, -0.2) is 17.6 Å². The topological polar surface area (TPSA) is 47.9 Å². The van der Waals surface area contributed by atoms with Gasteiger partial charge in [0.05, 0.1) is 13.2 Å². The Morgan fingerprint density at radius 3 is 1.67 bits per heavy atom. The van der Waals surface area contributed by atoms with Crippen LogP contribution in [0.5, 0.6) is 5.75 Å². The smallest absolute Gasteiger partial charge is 0.399 e. The summed E-state index contributed by atoms with van der Waals surface area (Å²) in [4.78, 5) is 0. The molecule has 234 valence electrons. The SMILES string of the molecule is Cc1cc(F)c(OC(F)(F)F)c(F)c1.OC(F)(F)c1c(F)cc(C2CCC(C3OCC(C4CCC4)CO3)CC2)cc1F. The van der Waals surface area contributed by atoms with Crippen molar-refractivity contribution in [2.75, 3.05) is 13.2 Å². The Balaban J connectivity index is 0.000000244. The van der Waals surface area contributed by atoms with Gasteiger partial charge < -0.3 is 19.3 Å². The van der Waals surface area contributed by atoms with Crippen LogP contribution in [0.15, 0.2) is 24.3 Å². The van der Waals surface area contributed by atoms with Gasteiger partial charge in [-0.05, 0) is 79.8 Å². The van der Waals surface area contributed by atoms with E-state index in [0.717, 1.165) is 56.2 Å². The molecule has 2 aromatic carbocycles. The van der Waals surface area contributed by atoms with Crippen molar-refractivity contribution in [3.05, 3.63) is 64.2 Å². The molecule has 42 heavy (non-hydrogen) atoms. The van der Waals surface area contributed by atoms with Crippen molar-refractivity contribution in [1.82, 2.24) is 0 Å². The van der Waals surface area contributed by atoms with E-state index >= 15 is 0 Å². The van der Waals surface area contributed by atoms with Gasteiger partial charge in [0.2, 0.25) is 5.75 Å². The first kappa shape index (κ1) is 32.4. The van der Waals surface area contributed by atoms with Gasteiger partial charge in [0.1, 0.15) is 17.2 Å². The highest BCUT2D eigenvalue weighted by atomic mass is 19.4. The fraction of sp³-hybridized carbons (Fsp3) is 0.586. The van der Waals surface area contributed by atoms with E-state index in [9.17, 15) is 39.5 Å². The normalized spacial score (nSPS) is 25.3. The third kappa shape index (κ3) is 8.10. The van der Waals surface area contributed by atoms with E-state index in [2.05, 4.69) is 4.74 Å². The lowest BCUT2D eigenvalue weighted by Gasteiger charge is -2.41. The molecule has 0 bridgehead atoms. The summed E-state index contributed by atoms with van der Waals surface area (Å²) in [5, 5.41) is 8.66. The Hall–Kier alpha value is -2.51. The second-order valence-electron chi connectivity index (χ2n) is 11.1. The zero-order valence-corrected chi connectivity index (χ0v) is 22.6. The zero-order chi connectivity index (χ0) is 30.8. The third-order valence-corrected chi connectivity index (χ3v) is 8.12. The molecule has 1 saturated heterocycles. The molecule has 0 spiro atoms. The molecule has 3 aliphatic rings. The van der Waals surface area contributed by atoms with Crippen molar-refractivity contribution in [2.24, 2.45) is 17.8 Å². The number of aliphatic hydroxyl groups is 1. The fourth-order valence-electron chi connectivity index (χ4n) is 5.73. The molecule has 13 heteroatoms. The number of halogens is 9. The van der Waals surface area contributed by atoms with Gasteiger partial charge in [-0.3, -0.25) is 0 Å². The van der Waals surface area contributed by atoms with E-state index < -0.39 is 47.1 Å². The lowest BCUT2D eigenvalue weighted by atomic mass is 9.75. The summed E-state index contributed by atoms with van der Waals surface area (Å²) in [6.07, 6.45) is -3.05.